The van der Waals surface area contributed by atoms with E-state index < -0.39 is 0 Å². The van der Waals surface area contributed by atoms with Crippen LogP contribution in [0.3, 0.4) is 0 Å². The second-order valence-electron chi connectivity index (χ2n) is 14.6. The summed E-state index contributed by atoms with van der Waals surface area (Å²) in [6.45, 7) is 6.55. The Morgan fingerprint density at radius 3 is 1.60 bits per heavy atom. The van der Waals surface area contributed by atoms with E-state index in [1.807, 2.05) is 17.4 Å². The van der Waals surface area contributed by atoms with Crippen molar-refractivity contribution in [1.29, 1.82) is 0 Å². The highest BCUT2D eigenvalue weighted by molar-refractivity contribution is 7.26. The molecule has 0 saturated heterocycles. The van der Waals surface area contributed by atoms with Crippen molar-refractivity contribution in [2.24, 2.45) is 0 Å². The second-order valence-corrected chi connectivity index (χ2v) is 15.7. The van der Waals surface area contributed by atoms with Crippen molar-refractivity contribution >= 4 is 71.1 Å². The number of benzene rings is 8. The Balaban J connectivity index is 1.04. The molecule has 0 N–H and O–H groups in total. The first kappa shape index (κ1) is 35.2. The molecule has 8 aromatic carbocycles. The Bertz CT molecular complexity index is 3010. The number of fused-ring (bicyclic) bond motifs is 4. The summed E-state index contributed by atoms with van der Waals surface area (Å²) < 4.78 is 5.05. The number of rotatable bonds is 9. The van der Waals surface area contributed by atoms with Gasteiger partial charge in [0.05, 0.1) is 15.9 Å². The monoisotopic (exact) mass is 760 g/mol. The highest BCUT2D eigenvalue weighted by Gasteiger charge is 2.19. The summed E-state index contributed by atoms with van der Waals surface area (Å²) in [5.74, 6) is 0. The van der Waals surface area contributed by atoms with E-state index in [1.54, 1.807) is 0 Å². The molecule has 2 nitrogen and oxygen atoms in total. The fourth-order valence-corrected chi connectivity index (χ4v) is 9.53. The summed E-state index contributed by atoms with van der Waals surface area (Å²) in [7, 11) is 0. The van der Waals surface area contributed by atoms with E-state index in [9.17, 15) is 0 Å². The number of para-hydroxylation sites is 1. The Morgan fingerprint density at radius 1 is 0.500 bits per heavy atom. The van der Waals surface area contributed by atoms with Crippen LogP contribution in [0.25, 0.3) is 70.7 Å². The molecule has 0 amide bonds. The molecule has 10 aromatic rings. The van der Waals surface area contributed by atoms with Gasteiger partial charge in [-0.3, -0.25) is 0 Å². The normalized spacial score (nSPS) is 11.7. The zero-order valence-electron chi connectivity index (χ0n) is 32.2. The molecule has 0 atom stereocenters. The van der Waals surface area contributed by atoms with Gasteiger partial charge in [-0.2, -0.15) is 0 Å². The number of thiophene rings is 1. The molecule has 0 saturated carbocycles. The van der Waals surface area contributed by atoms with Crippen molar-refractivity contribution in [3.8, 4) is 27.9 Å². The molecule has 3 heteroatoms. The van der Waals surface area contributed by atoms with Gasteiger partial charge in [0.2, 0.25) is 0 Å². The van der Waals surface area contributed by atoms with Crippen LogP contribution in [0, 0.1) is 6.92 Å². The predicted octanol–water partition coefficient (Wildman–Crippen LogP) is 15.8. The van der Waals surface area contributed by atoms with Crippen molar-refractivity contribution in [1.82, 2.24) is 4.57 Å². The predicted molar refractivity (Wildman–Crippen MR) is 251 cm³/mol. The molecule has 0 spiro atoms. The van der Waals surface area contributed by atoms with Crippen LogP contribution in [0.15, 0.2) is 213 Å². The molecule has 0 radical (unpaired) electrons. The molecule has 10 rings (SSSR count). The SMILES string of the molecule is C=C/C(=C\c1c(C)n(-c2cccc3c2sc2ccccc23)c2ccccc12)c1ccc(N(c2ccc(-c3ccccc3)cc2)c2ccc(-c3ccccc3)cc2)cc1. The molecular weight excluding hydrogens is 721 g/mol. The minimum Gasteiger partial charge on any atom is -0.312 e. The lowest BCUT2D eigenvalue weighted by molar-refractivity contribution is 1.06. The van der Waals surface area contributed by atoms with Crippen molar-refractivity contribution in [3.05, 3.63) is 230 Å². The fourth-order valence-electron chi connectivity index (χ4n) is 8.33. The number of nitrogens with zero attached hydrogens (tertiary/aromatic N) is 2. The van der Waals surface area contributed by atoms with E-state index in [0.717, 1.165) is 28.2 Å². The first-order valence-corrected chi connectivity index (χ1v) is 20.5. The molecule has 0 aliphatic heterocycles. The Hall–Kier alpha value is -7.20. The third-order valence-corrected chi connectivity index (χ3v) is 12.4. The maximum atomic E-state index is 4.31. The molecule has 2 aromatic heterocycles. The Morgan fingerprint density at radius 2 is 1.00 bits per heavy atom. The van der Waals surface area contributed by atoms with Crippen molar-refractivity contribution in [2.45, 2.75) is 6.92 Å². The lowest BCUT2D eigenvalue weighted by Crippen LogP contribution is -2.09. The van der Waals surface area contributed by atoms with E-state index in [1.165, 1.54) is 70.3 Å². The van der Waals surface area contributed by atoms with Crippen LogP contribution in [0.5, 0.6) is 0 Å². The highest BCUT2D eigenvalue weighted by atomic mass is 32.1. The number of hydrogen-bond acceptors (Lipinski definition) is 2. The largest absolute Gasteiger partial charge is 0.312 e. The lowest BCUT2D eigenvalue weighted by Gasteiger charge is -2.26. The summed E-state index contributed by atoms with van der Waals surface area (Å²) in [5.41, 5.74) is 15.1. The van der Waals surface area contributed by atoms with Crippen LogP contribution in [0.1, 0.15) is 16.8 Å². The van der Waals surface area contributed by atoms with Crippen LogP contribution < -0.4 is 4.90 Å². The minimum absolute atomic E-state index is 1.07. The molecule has 276 valence electrons. The molecule has 58 heavy (non-hydrogen) atoms. The van der Waals surface area contributed by atoms with Crippen LogP contribution in [-0.2, 0) is 0 Å². The van der Waals surface area contributed by atoms with E-state index in [2.05, 4.69) is 229 Å². The molecule has 2 heterocycles. The third-order valence-electron chi connectivity index (χ3n) is 11.2. The van der Waals surface area contributed by atoms with Crippen LogP contribution in [0.2, 0.25) is 0 Å². The average molecular weight is 761 g/mol. The molecule has 0 unspecified atom stereocenters. The molecular formula is C55H40N2S. The quantitative estimate of drug-likeness (QED) is 0.133. The van der Waals surface area contributed by atoms with Gasteiger partial charge in [0.25, 0.3) is 0 Å². The summed E-state index contributed by atoms with van der Waals surface area (Å²) in [6.07, 6.45) is 4.29. The fraction of sp³-hybridized carbons (Fsp3) is 0.0182. The summed E-state index contributed by atoms with van der Waals surface area (Å²) in [5, 5.41) is 3.83. The van der Waals surface area contributed by atoms with E-state index in [0.29, 0.717) is 0 Å². The van der Waals surface area contributed by atoms with E-state index in [-0.39, 0.29) is 0 Å². The topological polar surface area (TPSA) is 8.17 Å². The van der Waals surface area contributed by atoms with Gasteiger partial charge < -0.3 is 9.47 Å². The van der Waals surface area contributed by atoms with Crippen LogP contribution in [0.4, 0.5) is 17.1 Å². The maximum Gasteiger partial charge on any atom is 0.0637 e. The number of aromatic nitrogens is 1. The van der Waals surface area contributed by atoms with E-state index in [4.69, 9.17) is 0 Å². The number of allylic oxidation sites excluding steroid dienone is 2. The molecule has 0 bridgehead atoms. The lowest BCUT2D eigenvalue weighted by atomic mass is 10.0. The standard InChI is InChI=1S/C55H40N2S/c1-3-39(37-51-38(2)56(52-22-12-10-19-48(51)52)53-23-14-21-50-49-20-11-13-24-54(49)58-55(50)53)42-25-31-45(32-26-42)57(46-33-27-43(28-34-46)40-15-6-4-7-16-40)47-35-29-44(30-36-47)41-17-8-5-9-18-41/h3-37H,1H2,2H3/b39-37+. The third kappa shape index (κ3) is 6.32. The Kier molecular flexibility index (Phi) is 9.14. The van der Waals surface area contributed by atoms with Gasteiger partial charge >= 0.3 is 0 Å². The van der Waals surface area contributed by atoms with Gasteiger partial charge in [0, 0.05) is 49.2 Å². The number of hydrogen-bond donors (Lipinski definition) is 0. The van der Waals surface area contributed by atoms with Crippen LogP contribution in [-0.4, -0.2) is 4.57 Å². The van der Waals surface area contributed by atoms with Crippen molar-refractivity contribution in [3.63, 3.8) is 0 Å². The van der Waals surface area contributed by atoms with Gasteiger partial charge in [-0.15, -0.1) is 11.3 Å². The Labute approximate surface area is 343 Å². The van der Waals surface area contributed by atoms with Crippen molar-refractivity contribution in [2.75, 3.05) is 4.90 Å². The summed E-state index contributed by atoms with van der Waals surface area (Å²) in [6, 6.07) is 71.9. The van der Waals surface area contributed by atoms with E-state index >= 15 is 0 Å². The minimum atomic E-state index is 1.07. The molecule has 0 aliphatic carbocycles. The van der Waals surface area contributed by atoms with Gasteiger partial charge in [0.1, 0.15) is 0 Å². The first-order chi connectivity index (χ1) is 28.6. The zero-order chi connectivity index (χ0) is 39.0. The maximum absolute atomic E-state index is 4.31. The van der Waals surface area contributed by atoms with Gasteiger partial charge in [0.15, 0.2) is 0 Å². The summed E-state index contributed by atoms with van der Waals surface area (Å²) in [4.78, 5) is 2.33. The smallest absolute Gasteiger partial charge is 0.0637 e. The highest BCUT2D eigenvalue weighted by Crippen LogP contribution is 2.41. The average Bonchev–Trinajstić information content (AvgIpc) is 3.81. The van der Waals surface area contributed by atoms with Gasteiger partial charge in [-0.1, -0.05) is 158 Å². The molecule has 0 aliphatic rings. The zero-order valence-corrected chi connectivity index (χ0v) is 33.0. The first-order valence-electron chi connectivity index (χ1n) is 19.7. The van der Waals surface area contributed by atoms with Gasteiger partial charge in [-0.05, 0) is 101 Å². The molecule has 0 fully saturated rings. The second kappa shape index (κ2) is 15.0. The summed E-state index contributed by atoms with van der Waals surface area (Å²) >= 11 is 1.87. The van der Waals surface area contributed by atoms with Crippen molar-refractivity contribution < 1.29 is 0 Å². The van der Waals surface area contributed by atoms with Gasteiger partial charge in [-0.25, -0.2) is 0 Å². The van der Waals surface area contributed by atoms with Crippen LogP contribution >= 0.6 is 11.3 Å². The number of anilines is 3.